The number of nitrogens with zero attached hydrogens (tertiary/aromatic N) is 1. The van der Waals surface area contributed by atoms with Gasteiger partial charge in [0.1, 0.15) is 23.6 Å². The molecular formula is C11H11F3N2O3. The van der Waals surface area contributed by atoms with Crippen molar-refractivity contribution >= 4 is 5.97 Å². The van der Waals surface area contributed by atoms with Crippen molar-refractivity contribution in [2.75, 3.05) is 6.54 Å². The van der Waals surface area contributed by atoms with Crippen LogP contribution < -0.4 is 10.1 Å². The third-order valence-corrected chi connectivity index (χ3v) is 2.71. The molecule has 0 aromatic carbocycles. The van der Waals surface area contributed by atoms with E-state index in [1.807, 2.05) is 0 Å². The first-order valence-corrected chi connectivity index (χ1v) is 5.52. The number of rotatable bonds is 3. The van der Waals surface area contributed by atoms with Crippen molar-refractivity contribution in [3.05, 3.63) is 24.0 Å². The minimum Gasteiger partial charge on any atom is -0.489 e. The van der Waals surface area contributed by atoms with Gasteiger partial charge in [0.25, 0.3) is 0 Å². The molecule has 8 heteroatoms. The number of aliphatic carboxylic acids is 1. The molecule has 2 heterocycles. The summed E-state index contributed by atoms with van der Waals surface area (Å²) in [4.78, 5) is 13.9. The van der Waals surface area contributed by atoms with Crippen LogP contribution in [0.15, 0.2) is 18.3 Å². The number of aromatic nitrogens is 1. The lowest BCUT2D eigenvalue weighted by atomic mass is 10.2. The van der Waals surface area contributed by atoms with Crippen molar-refractivity contribution in [3.8, 4) is 5.75 Å². The molecule has 1 aliphatic heterocycles. The van der Waals surface area contributed by atoms with Gasteiger partial charge in [-0.2, -0.15) is 13.2 Å². The van der Waals surface area contributed by atoms with E-state index < -0.39 is 30.0 Å². The summed E-state index contributed by atoms with van der Waals surface area (Å²) in [5.74, 6) is -0.975. The predicted octanol–water partition coefficient (Wildman–Crippen LogP) is 1.29. The average Bonchev–Trinajstić information content (AvgIpc) is 2.77. The van der Waals surface area contributed by atoms with E-state index in [1.54, 1.807) is 0 Å². The van der Waals surface area contributed by atoms with Crippen LogP contribution in [0.3, 0.4) is 0 Å². The molecule has 5 nitrogen and oxygen atoms in total. The molecule has 0 radical (unpaired) electrons. The molecule has 0 spiro atoms. The second kappa shape index (κ2) is 5.04. The van der Waals surface area contributed by atoms with Gasteiger partial charge in [0.15, 0.2) is 0 Å². The number of carboxylic acid groups (broad SMARTS) is 1. The summed E-state index contributed by atoms with van der Waals surface area (Å²) in [6.45, 7) is 0.278. The lowest BCUT2D eigenvalue weighted by Crippen LogP contribution is -2.30. The van der Waals surface area contributed by atoms with E-state index in [0.717, 1.165) is 12.3 Å². The summed E-state index contributed by atoms with van der Waals surface area (Å²) in [7, 11) is 0. The maximum absolute atomic E-state index is 12.4. The molecule has 1 aromatic heterocycles. The number of ether oxygens (including phenoxy) is 1. The molecule has 104 valence electrons. The van der Waals surface area contributed by atoms with Gasteiger partial charge in [-0.25, -0.2) is 0 Å². The van der Waals surface area contributed by atoms with Gasteiger partial charge in [-0.1, -0.05) is 0 Å². The molecule has 1 saturated heterocycles. The quantitative estimate of drug-likeness (QED) is 0.870. The van der Waals surface area contributed by atoms with Crippen LogP contribution in [0.5, 0.6) is 5.75 Å². The van der Waals surface area contributed by atoms with Crippen molar-refractivity contribution in [3.63, 3.8) is 0 Å². The van der Waals surface area contributed by atoms with Crippen LogP contribution in [0.1, 0.15) is 12.1 Å². The molecule has 0 aliphatic carbocycles. The van der Waals surface area contributed by atoms with E-state index in [-0.39, 0.29) is 18.7 Å². The topological polar surface area (TPSA) is 71.5 Å². The van der Waals surface area contributed by atoms with E-state index in [0.29, 0.717) is 0 Å². The predicted molar refractivity (Wildman–Crippen MR) is 57.7 cm³/mol. The summed E-state index contributed by atoms with van der Waals surface area (Å²) in [6.07, 6.45) is -3.78. The largest absolute Gasteiger partial charge is 0.489 e. The lowest BCUT2D eigenvalue weighted by Gasteiger charge is -2.13. The number of carbonyl (C=O) groups is 1. The van der Waals surface area contributed by atoms with Crippen LogP contribution in [-0.2, 0) is 11.0 Å². The first-order chi connectivity index (χ1) is 8.86. The Hall–Kier alpha value is -1.83. The van der Waals surface area contributed by atoms with E-state index in [1.165, 1.54) is 6.07 Å². The van der Waals surface area contributed by atoms with Gasteiger partial charge in [-0.05, 0) is 6.07 Å². The van der Waals surface area contributed by atoms with E-state index in [9.17, 15) is 18.0 Å². The second-order valence-electron chi connectivity index (χ2n) is 4.15. The molecule has 19 heavy (non-hydrogen) atoms. The maximum atomic E-state index is 12.4. The summed E-state index contributed by atoms with van der Waals surface area (Å²) in [6, 6.07) is 1.38. The van der Waals surface area contributed by atoms with Crippen molar-refractivity contribution in [2.24, 2.45) is 0 Å². The summed E-state index contributed by atoms with van der Waals surface area (Å²) in [5, 5.41) is 11.5. The van der Waals surface area contributed by atoms with Gasteiger partial charge < -0.3 is 15.2 Å². The van der Waals surface area contributed by atoms with Gasteiger partial charge in [0, 0.05) is 25.2 Å². The number of alkyl halides is 3. The molecule has 0 amide bonds. The normalized spacial score (nSPS) is 23.3. The average molecular weight is 276 g/mol. The Morgan fingerprint density at radius 2 is 2.26 bits per heavy atom. The molecular weight excluding hydrogens is 265 g/mol. The number of hydrogen-bond donors (Lipinski definition) is 2. The Bertz CT molecular complexity index is 478. The maximum Gasteiger partial charge on any atom is 0.433 e. The van der Waals surface area contributed by atoms with E-state index >= 15 is 0 Å². The van der Waals surface area contributed by atoms with Gasteiger partial charge in [0.2, 0.25) is 0 Å². The third kappa shape index (κ3) is 3.34. The first kappa shape index (κ1) is 13.6. The number of halogens is 3. The van der Waals surface area contributed by atoms with Crippen LogP contribution in [0.25, 0.3) is 0 Å². The monoisotopic (exact) mass is 276 g/mol. The van der Waals surface area contributed by atoms with Gasteiger partial charge in [-0.3, -0.25) is 9.78 Å². The minimum absolute atomic E-state index is 0.0279. The zero-order valence-corrected chi connectivity index (χ0v) is 9.65. The third-order valence-electron chi connectivity index (χ3n) is 2.71. The smallest absolute Gasteiger partial charge is 0.433 e. The van der Waals surface area contributed by atoms with Crippen molar-refractivity contribution in [2.45, 2.75) is 24.7 Å². The molecule has 2 rings (SSSR count). The highest BCUT2D eigenvalue weighted by atomic mass is 19.4. The highest BCUT2D eigenvalue weighted by Gasteiger charge is 2.34. The molecule has 0 saturated carbocycles. The Balaban J connectivity index is 2.03. The molecule has 2 N–H and O–H groups in total. The standard InChI is InChI=1S/C11H11F3N2O3/c12-11(13,14)9-4-6(1-2-15-9)19-7-3-8(10(17)18)16-5-7/h1-2,4,7-8,16H,3,5H2,(H,17,18). The Kier molecular flexibility index (Phi) is 3.61. The van der Waals surface area contributed by atoms with Gasteiger partial charge in [0.05, 0.1) is 0 Å². The summed E-state index contributed by atoms with van der Waals surface area (Å²) >= 11 is 0. The van der Waals surface area contributed by atoms with Crippen LogP contribution >= 0.6 is 0 Å². The molecule has 2 atom stereocenters. The Labute approximate surface area is 106 Å². The fourth-order valence-electron chi connectivity index (χ4n) is 1.81. The zero-order chi connectivity index (χ0) is 14.0. The van der Waals surface area contributed by atoms with Crippen LogP contribution in [0.2, 0.25) is 0 Å². The summed E-state index contributed by atoms with van der Waals surface area (Å²) < 4.78 is 42.6. The highest BCUT2D eigenvalue weighted by Crippen LogP contribution is 2.30. The molecule has 2 unspecified atom stereocenters. The summed E-state index contributed by atoms with van der Waals surface area (Å²) in [5.41, 5.74) is -1.04. The second-order valence-corrected chi connectivity index (χ2v) is 4.15. The fourth-order valence-corrected chi connectivity index (χ4v) is 1.81. The Morgan fingerprint density at radius 1 is 1.53 bits per heavy atom. The van der Waals surface area contributed by atoms with Crippen LogP contribution in [-0.4, -0.2) is 34.8 Å². The van der Waals surface area contributed by atoms with Crippen LogP contribution in [0.4, 0.5) is 13.2 Å². The number of carboxylic acids is 1. The molecule has 0 bridgehead atoms. The van der Waals surface area contributed by atoms with Crippen LogP contribution in [0, 0.1) is 0 Å². The first-order valence-electron chi connectivity index (χ1n) is 5.52. The highest BCUT2D eigenvalue weighted by molar-refractivity contribution is 5.73. The van der Waals surface area contributed by atoms with E-state index in [4.69, 9.17) is 9.84 Å². The SMILES string of the molecule is O=C(O)C1CC(Oc2ccnc(C(F)(F)F)c2)CN1. The van der Waals surface area contributed by atoms with Gasteiger partial charge in [-0.15, -0.1) is 0 Å². The van der Waals surface area contributed by atoms with E-state index in [2.05, 4.69) is 10.3 Å². The molecule has 1 aromatic rings. The Morgan fingerprint density at radius 3 is 2.84 bits per heavy atom. The minimum atomic E-state index is -4.53. The van der Waals surface area contributed by atoms with Crippen molar-refractivity contribution in [1.82, 2.24) is 10.3 Å². The number of hydrogen-bond acceptors (Lipinski definition) is 4. The zero-order valence-electron chi connectivity index (χ0n) is 9.65. The molecule has 1 fully saturated rings. The number of pyridine rings is 1. The molecule has 1 aliphatic rings. The van der Waals surface area contributed by atoms with Crippen molar-refractivity contribution in [1.29, 1.82) is 0 Å². The fraction of sp³-hybridized carbons (Fsp3) is 0.455. The van der Waals surface area contributed by atoms with Crippen molar-refractivity contribution < 1.29 is 27.8 Å². The lowest BCUT2D eigenvalue weighted by molar-refractivity contribution is -0.141. The number of nitrogens with one attached hydrogen (secondary N) is 1. The van der Waals surface area contributed by atoms with Gasteiger partial charge >= 0.3 is 12.1 Å².